The summed E-state index contributed by atoms with van der Waals surface area (Å²) in [5, 5.41) is 12.3. The van der Waals surface area contributed by atoms with E-state index in [9.17, 15) is 30.7 Å². The van der Waals surface area contributed by atoms with Crippen molar-refractivity contribution in [1.82, 2.24) is 0 Å². The van der Waals surface area contributed by atoms with Crippen LogP contribution < -0.4 is 5.43 Å². The van der Waals surface area contributed by atoms with Gasteiger partial charge in [-0.15, -0.1) is 0 Å². The lowest BCUT2D eigenvalue weighted by Crippen LogP contribution is -2.16. The van der Waals surface area contributed by atoms with Crippen LogP contribution in [0.25, 0.3) is 0 Å². The van der Waals surface area contributed by atoms with Crippen molar-refractivity contribution in [2.75, 3.05) is 5.43 Å². The molecular formula is C14H7F7N2O. The molecule has 0 atom stereocenters. The summed E-state index contributed by atoms with van der Waals surface area (Å²) < 4.78 is 91.1. The number of rotatable bonds is 3. The molecule has 0 aliphatic rings. The van der Waals surface area contributed by atoms with Crippen LogP contribution in [0, 0.1) is 23.3 Å². The van der Waals surface area contributed by atoms with Crippen molar-refractivity contribution in [3.63, 3.8) is 0 Å². The standard InChI is InChI=1S/C14H7F7N2O/c15-9-8(14(19,20)21)10(16)12(18)13(11(9)17)23-22-5-6-1-3-7(24)4-2-6/h1-5,23-24H/b22-5+. The zero-order valence-electron chi connectivity index (χ0n) is 11.4. The van der Waals surface area contributed by atoms with Crippen LogP contribution in [0.5, 0.6) is 5.75 Å². The van der Waals surface area contributed by atoms with Crippen LogP contribution in [0.1, 0.15) is 11.1 Å². The van der Waals surface area contributed by atoms with Crippen LogP contribution in [0.2, 0.25) is 0 Å². The second kappa shape index (κ2) is 6.38. The monoisotopic (exact) mass is 352 g/mol. The van der Waals surface area contributed by atoms with Crippen LogP contribution in [0.4, 0.5) is 36.4 Å². The Morgan fingerprint density at radius 2 is 1.38 bits per heavy atom. The average Bonchev–Trinajstić information content (AvgIpc) is 2.49. The van der Waals surface area contributed by atoms with Crippen molar-refractivity contribution in [2.24, 2.45) is 5.10 Å². The van der Waals surface area contributed by atoms with Gasteiger partial charge in [0.1, 0.15) is 17.0 Å². The number of nitrogens with zero attached hydrogens (tertiary/aromatic N) is 1. The fourth-order valence-electron chi connectivity index (χ4n) is 1.71. The lowest BCUT2D eigenvalue weighted by atomic mass is 10.1. The summed E-state index contributed by atoms with van der Waals surface area (Å²) in [6, 6.07) is 5.22. The molecule has 0 spiro atoms. The number of nitrogens with one attached hydrogen (secondary N) is 1. The Balaban J connectivity index is 2.36. The van der Waals surface area contributed by atoms with Gasteiger partial charge in [-0.25, -0.2) is 17.6 Å². The molecule has 0 amide bonds. The quantitative estimate of drug-likeness (QED) is 0.372. The lowest BCUT2D eigenvalue weighted by Gasteiger charge is -2.13. The van der Waals surface area contributed by atoms with Crippen molar-refractivity contribution in [3.05, 3.63) is 58.7 Å². The number of phenols is 1. The molecule has 24 heavy (non-hydrogen) atoms. The molecule has 0 radical (unpaired) electrons. The molecule has 0 saturated carbocycles. The van der Waals surface area contributed by atoms with Gasteiger partial charge in [-0.2, -0.15) is 18.3 Å². The van der Waals surface area contributed by atoms with Gasteiger partial charge in [-0.3, -0.25) is 5.43 Å². The number of hydrogen-bond acceptors (Lipinski definition) is 3. The second-order valence-corrected chi connectivity index (χ2v) is 4.47. The molecule has 0 aliphatic carbocycles. The minimum atomic E-state index is -5.61. The Morgan fingerprint density at radius 1 is 0.875 bits per heavy atom. The third-order valence-corrected chi connectivity index (χ3v) is 2.83. The first-order valence-electron chi connectivity index (χ1n) is 6.14. The molecule has 0 aromatic heterocycles. The minimum Gasteiger partial charge on any atom is -0.508 e. The fraction of sp³-hybridized carbons (Fsp3) is 0.0714. The molecule has 10 heteroatoms. The van der Waals surface area contributed by atoms with E-state index < -0.39 is 40.7 Å². The van der Waals surface area contributed by atoms with E-state index >= 15 is 0 Å². The van der Waals surface area contributed by atoms with Crippen LogP contribution in [-0.2, 0) is 6.18 Å². The third-order valence-electron chi connectivity index (χ3n) is 2.83. The highest BCUT2D eigenvalue weighted by molar-refractivity contribution is 5.80. The maximum Gasteiger partial charge on any atom is 0.422 e. The van der Waals surface area contributed by atoms with Gasteiger partial charge in [0, 0.05) is 0 Å². The van der Waals surface area contributed by atoms with E-state index in [4.69, 9.17) is 5.11 Å². The van der Waals surface area contributed by atoms with Crippen molar-refractivity contribution in [1.29, 1.82) is 0 Å². The lowest BCUT2D eigenvalue weighted by molar-refractivity contribution is -0.143. The largest absolute Gasteiger partial charge is 0.508 e. The highest BCUT2D eigenvalue weighted by Gasteiger charge is 2.42. The molecule has 2 aromatic carbocycles. The predicted molar refractivity (Wildman–Crippen MR) is 70.6 cm³/mol. The van der Waals surface area contributed by atoms with E-state index in [1.807, 2.05) is 0 Å². The van der Waals surface area contributed by atoms with Gasteiger partial charge in [-0.05, 0) is 29.8 Å². The minimum absolute atomic E-state index is 0.0657. The van der Waals surface area contributed by atoms with Crippen LogP contribution in [0.3, 0.4) is 0 Å². The zero-order valence-corrected chi connectivity index (χ0v) is 11.4. The van der Waals surface area contributed by atoms with Gasteiger partial charge in [0.05, 0.1) is 6.21 Å². The Labute approximate surface area is 130 Å². The number of aromatic hydroxyl groups is 1. The second-order valence-electron chi connectivity index (χ2n) is 4.47. The number of hydrazone groups is 1. The summed E-state index contributed by atoms with van der Waals surface area (Å²) in [4.78, 5) is 0. The Bertz CT molecular complexity index is 756. The van der Waals surface area contributed by atoms with E-state index in [1.54, 1.807) is 5.43 Å². The number of halogens is 7. The topological polar surface area (TPSA) is 44.6 Å². The van der Waals surface area contributed by atoms with Crippen LogP contribution in [-0.4, -0.2) is 11.3 Å². The number of alkyl halides is 3. The fourth-order valence-corrected chi connectivity index (χ4v) is 1.71. The average molecular weight is 352 g/mol. The van der Waals surface area contributed by atoms with Gasteiger partial charge in [0.25, 0.3) is 0 Å². The van der Waals surface area contributed by atoms with E-state index in [-0.39, 0.29) is 5.75 Å². The molecule has 128 valence electrons. The highest BCUT2D eigenvalue weighted by atomic mass is 19.4. The van der Waals surface area contributed by atoms with Gasteiger partial charge >= 0.3 is 6.18 Å². The summed E-state index contributed by atoms with van der Waals surface area (Å²) >= 11 is 0. The van der Waals surface area contributed by atoms with Gasteiger partial charge in [0.15, 0.2) is 23.3 Å². The Hall–Kier alpha value is -2.78. The number of anilines is 1. The molecule has 0 saturated heterocycles. The maximum atomic E-state index is 13.6. The van der Waals surface area contributed by atoms with Crippen molar-refractivity contribution in [3.8, 4) is 5.75 Å². The zero-order chi connectivity index (χ0) is 18.1. The van der Waals surface area contributed by atoms with E-state index in [0.29, 0.717) is 5.56 Å². The Kier molecular flexibility index (Phi) is 4.67. The van der Waals surface area contributed by atoms with Gasteiger partial charge in [-0.1, -0.05) is 0 Å². The van der Waals surface area contributed by atoms with E-state index in [2.05, 4.69) is 5.10 Å². The summed E-state index contributed by atoms with van der Waals surface area (Å²) in [7, 11) is 0. The maximum absolute atomic E-state index is 13.6. The van der Waals surface area contributed by atoms with Crippen molar-refractivity contribution in [2.45, 2.75) is 6.18 Å². The normalized spacial score (nSPS) is 12.0. The Morgan fingerprint density at radius 3 is 1.83 bits per heavy atom. The first kappa shape index (κ1) is 17.6. The predicted octanol–water partition coefficient (Wildman–Crippen LogP) is 4.41. The van der Waals surface area contributed by atoms with Crippen LogP contribution >= 0.6 is 0 Å². The summed E-state index contributed by atoms with van der Waals surface area (Å²) in [5.41, 5.74) is -2.23. The molecule has 3 nitrogen and oxygen atoms in total. The van der Waals surface area contributed by atoms with E-state index in [0.717, 1.165) is 6.21 Å². The first-order valence-corrected chi connectivity index (χ1v) is 6.14. The molecule has 0 fully saturated rings. The van der Waals surface area contributed by atoms with Crippen molar-refractivity contribution < 1.29 is 35.8 Å². The number of benzene rings is 2. The molecule has 2 aromatic rings. The molecular weight excluding hydrogens is 345 g/mol. The SMILES string of the molecule is Oc1ccc(/C=N/Nc2c(F)c(F)c(C(F)(F)F)c(F)c2F)cc1. The summed E-state index contributed by atoms with van der Waals surface area (Å²) in [6.07, 6.45) is -4.64. The summed E-state index contributed by atoms with van der Waals surface area (Å²) in [5.74, 6) is -9.75. The molecule has 0 unspecified atom stereocenters. The number of hydrogen-bond donors (Lipinski definition) is 2. The highest BCUT2D eigenvalue weighted by Crippen LogP contribution is 2.38. The molecule has 0 bridgehead atoms. The van der Waals surface area contributed by atoms with E-state index in [1.165, 1.54) is 24.3 Å². The summed E-state index contributed by atoms with van der Waals surface area (Å²) in [6.45, 7) is 0. The number of phenolic OH excluding ortho intramolecular Hbond substituents is 1. The van der Waals surface area contributed by atoms with Gasteiger partial charge < -0.3 is 5.11 Å². The molecule has 0 aliphatic heterocycles. The van der Waals surface area contributed by atoms with Gasteiger partial charge in [0.2, 0.25) is 0 Å². The first-order chi connectivity index (χ1) is 11.1. The van der Waals surface area contributed by atoms with Crippen LogP contribution in [0.15, 0.2) is 29.4 Å². The third kappa shape index (κ3) is 3.42. The molecule has 2 N–H and O–H groups in total. The van der Waals surface area contributed by atoms with Crippen molar-refractivity contribution >= 4 is 11.9 Å². The molecule has 0 heterocycles. The molecule has 2 rings (SSSR count). The smallest absolute Gasteiger partial charge is 0.422 e.